The van der Waals surface area contributed by atoms with Gasteiger partial charge in [0.25, 0.3) is 0 Å². The van der Waals surface area contributed by atoms with E-state index in [9.17, 15) is 0 Å². The summed E-state index contributed by atoms with van der Waals surface area (Å²) in [6.45, 7) is 5.89. The summed E-state index contributed by atoms with van der Waals surface area (Å²) in [5.74, 6) is 1.15. The van der Waals surface area contributed by atoms with Crippen molar-refractivity contribution in [3.05, 3.63) is 64.3 Å². The van der Waals surface area contributed by atoms with Gasteiger partial charge < -0.3 is 14.5 Å². The molecule has 7 rings (SSSR count). The van der Waals surface area contributed by atoms with Crippen LogP contribution in [0.1, 0.15) is 47.4 Å². The molecule has 4 nitrogen and oxygen atoms in total. The molecule has 1 saturated heterocycles. The van der Waals surface area contributed by atoms with E-state index in [4.69, 9.17) is 9.72 Å². The van der Waals surface area contributed by atoms with E-state index in [2.05, 4.69) is 81.2 Å². The van der Waals surface area contributed by atoms with Crippen molar-refractivity contribution in [3.63, 3.8) is 0 Å². The topological polar surface area (TPSA) is 28.6 Å². The summed E-state index contributed by atoms with van der Waals surface area (Å²) in [5.41, 5.74) is 9.37. The van der Waals surface area contributed by atoms with Crippen molar-refractivity contribution in [3.8, 4) is 5.75 Å². The van der Waals surface area contributed by atoms with E-state index in [0.717, 1.165) is 37.1 Å². The van der Waals surface area contributed by atoms with Gasteiger partial charge in [0.05, 0.1) is 22.3 Å². The Morgan fingerprint density at radius 2 is 1.97 bits per heavy atom. The van der Waals surface area contributed by atoms with Crippen LogP contribution >= 0.6 is 0 Å². The highest BCUT2D eigenvalue weighted by molar-refractivity contribution is 5.94. The predicted molar refractivity (Wildman–Crippen MR) is 129 cm³/mol. The predicted octanol–water partition coefficient (Wildman–Crippen LogP) is 4.80. The monoisotopic (exact) mass is 425 g/mol. The molecule has 2 aliphatic heterocycles. The van der Waals surface area contributed by atoms with E-state index >= 15 is 0 Å². The second kappa shape index (κ2) is 5.85. The van der Waals surface area contributed by atoms with Crippen LogP contribution < -0.4 is 9.64 Å². The Hall–Kier alpha value is -2.59. The molecule has 1 fully saturated rings. The largest absolute Gasteiger partial charge is 0.483 e. The van der Waals surface area contributed by atoms with Gasteiger partial charge in [-0.2, -0.15) is 0 Å². The van der Waals surface area contributed by atoms with Crippen LogP contribution in [0.4, 0.5) is 5.69 Å². The summed E-state index contributed by atoms with van der Waals surface area (Å²) in [6, 6.07) is 13.8. The SMILES string of the molecule is Cc1ccc2c3c1O[C@H]1c4nc5ccccc5c(N(C)C)c4C[C@@]4(C)[C@@H](C2)N(C)CC[C@]314. The number of hydrogen-bond acceptors (Lipinski definition) is 4. The molecule has 4 heteroatoms. The Morgan fingerprint density at radius 1 is 1.16 bits per heavy atom. The summed E-state index contributed by atoms with van der Waals surface area (Å²) < 4.78 is 7.02. The number of para-hydroxylation sites is 1. The molecule has 0 N–H and O–H groups in total. The Labute approximate surface area is 190 Å². The first-order chi connectivity index (χ1) is 15.4. The van der Waals surface area contributed by atoms with Crippen LogP contribution in [0.25, 0.3) is 10.9 Å². The molecular weight excluding hydrogens is 394 g/mol. The van der Waals surface area contributed by atoms with Gasteiger partial charge in [-0.15, -0.1) is 0 Å². The molecule has 0 amide bonds. The summed E-state index contributed by atoms with van der Waals surface area (Å²) in [7, 11) is 6.68. The number of aryl methyl sites for hydroxylation is 1. The number of benzene rings is 2. The molecule has 1 aromatic heterocycles. The lowest BCUT2D eigenvalue weighted by Crippen LogP contribution is -2.68. The normalized spacial score (nSPS) is 31.8. The fourth-order valence-corrected chi connectivity index (χ4v) is 7.98. The van der Waals surface area contributed by atoms with Crippen LogP contribution in [0.3, 0.4) is 0 Å². The molecule has 4 atom stereocenters. The van der Waals surface area contributed by atoms with Crippen molar-refractivity contribution in [2.75, 3.05) is 32.6 Å². The third-order valence-corrected chi connectivity index (χ3v) is 9.36. The number of anilines is 1. The van der Waals surface area contributed by atoms with Gasteiger partial charge in [-0.3, -0.25) is 0 Å². The molecule has 2 aliphatic carbocycles. The number of pyridine rings is 1. The number of likely N-dealkylation sites (tertiary alicyclic amines) is 1. The molecule has 3 aromatic rings. The van der Waals surface area contributed by atoms with Crippen molar-refractivity contribution >= 4 is 16.6 Å². The zero-order valence-electron chi connectivity index (χ0n) is 19.7. The van der Waals surface area contributed by atoms with Crippen molar-refractivity contribution in [1.82, 2.24) is 9.88 Å². The Kier molecular flexibility index (Phi) is 3.46. The molecule has 0 saturated carbocycles. The molecule has 2 aromatic carbocycles. The average Bonchev–Trinajstić information content (AvgIpc) is 3.12. The van der Waals surface area contributed by atoms with Crippen LogP contribution in [0.2, 0.25) is 0 Å². The summed E-state index contributed by atoms with van der Waals surface area (Å²) in [4.78, 5) is 10.2. The Bertz CT molecular complexity index is 1310. The Balaban J connectivity index is 1.61. The van der Waals surface area contributed by atoms with E-state index < -0.39 is 0 Å². The lowest BCUT2D eigenvalue weighted by atomic mass is 9.44. The molecule has 32 heavy (non-hydrogen) atoms. The second-order valence-electron chi connectivity index (χ2n) is 11.0. The van der Waals surface area contributed by atoms with Crippen LogP contribution in [-0.2, 0) is 18.3 Å². The molecular formula is C28H31N3O. The number of rotatable bonds is 1. The maximum absolute atomic E-state index is 7.02. The van der Waals surface area contributed by atoms with Crippen molar-refractivity contribution in [2.45, 2.75) is 50.7 Å². The molecule has 3 heterocycles. The summed E-state index contributed by atoms with van der Waals surface area (Å²) in [6.07, 6.45) is 3.29. The third-order valence-electron chi connectivity index (χ3n) is 9.36. The first kappa shape index (κ1) is 18.9. The van der Waals surface area contributed by atoms with Gasteiger partial charge in [0.1, 0.15) is 5.75 Å². The zero-order valence-corrected chi connectivity index (χ0v) is 19.7. The standard InChI is InChI=1S/C28H31N3O/c1-16-10-11-17-14-21-27(2)15-19-23(29-20-9-7-6-8-18(20)24(19)30(3)4)26-28(27,12-13-31(21)5)22(17)25(16)32-26/h6-11,21,26H,12-15H2,1-5H3/t21-,26+,27+,28+/m1/s1. The Morgan fingerprint density at radius 3 is 2.78 bits per heavy atom. The van der Waals surface area contributed by atoms with Gasteiger partial charge in [0, 0.05) is 42.1 Å². The summed E-state index contributed by atoms with van der Waals surface area (Å²) >= 11 is 0. The van der Waals surface area contributed by atoms with Crippen molar-refractivity contribution in [2.24, 2.45) is 5.41 Å². The number of piperidine rings is 1. The van der Waals surface area contributed by atoms with E-state index in [1.807, 2.05) is 0 Å². The number of hydrogen-bond donors (Lipinski definition) is 0. The van der Waals surface area contributed by atoms with Gasteiger partial charge in [0.15, 0.2) is 6.10 Å². The first-order valence-corrected chi connectivity index (χ1v) is 12.0. The highest BCUT2D eigenvalue weighted by atomic mass is 16.5. The molecule has 0 radical (unpaired) electrons. The highest BCUT2D eigenvalue weighted by Crippen LogP contribution is 2.71. The number of aromatic nitrogens is 1. The number of ether oxygens (including phenoxy) is 1. The minimum absolute atomic E-state index is 0.00511. The molecule has 4 aliphatic rings. The summed E-state index contributed by atoms with van der Waals surface area (Å²) in [5, 5.41) is 1.25. The van der Waals surface area contributed by atoms with Crippen LogP contribution in [0.15, 0.2) is 36.4 Å². The molecule has 164 valence electrons. The zero-order chi connectivity index (χ0) is 22.0. The van der Waals surface area contributed by atoms with Crippen LogP contribution in [0.5, 0.6) is 5.75 Å². The van der Waals surface area contributed by atoms with E-state index in [1.54, 1.807) is 0 Å². The van der Waals surface area contributed by atoms with Crippen LogP contribution in [0, 0.1) is 12.3 Å². The van der Waals surface area contributed by atoms with E-state index in [-0.39, 0.29) is 16.9 Å². The van der Waals surface area contributed by atoms with Gasteiger partial charge in [-0.25, -0.2) is 4.98 Å². The lowest BCUT2D eigenvalue weighted by Gasteiger charge is -2.64. The van der Waals surface area contributed by atoms with Crippen molar-refractivity contribution < 1.29 is 4.74 Å². The maximum atomic E-state index is 7.02. The van der Waals surface area contributed by atoms with E-state index in [0.29, 0.717) is 6.04 Å². The van der Waals surface area contributed by atoms with Crippen LogP contribution in [-0.4, -0.2) is 43.6 Å². The quantitative estimate of drug-likeness (QED) is 0.560. The lowest BCUT2D eigenvalue weighted by molar-refractivity contribution is -0.0908. The molecule has 2 bridgehead atoms. The minimum atomic E-state index is -0.00842. The number of likely N-dealkylation sites (N-methyl/N-ethyl adjacent to an activating group) is 1. The highest BCUT2D eigenvalue weighted by Gasteiger charge is 2.70. The molecule has 1 spiro atoms. The second-order valence-corrected chi connectivity index (χ2v) is 11.0. The van der Waals surface area contributed by atoms with Gasteiger partial charge in [-0.1, -0.05) is 37.3 Å². The fourth-order valence-electron chi connectivity index (χ4n) is 7.98. The van der Waals surface area contributed by atoms with Gasteiger partial charge in [-0.05, 0) is 57.0 Å². The smallest absolute Gasteiger partial charge is 0.151 e. The number of fused-ring (bicyclic) bond motifs is 3. The van der Waals surface area contributed by atoms with Gasteiger partial charge in [0.2, 0.25) is 0 Å². The average molecular weight is 426 g/mol. The first-order valence-electron chi connectivity index (χ1n) is 12.0. The van der Waals surface area contributed by atoms with Crippen molar-refractivity contribution in [1.29, 1.82) is 0 Å². The van der Waals surface area contributed by atoms with E-state index in [1.165, 1.54) is 39.0 Å². The fraction of sp³-hybridized carbons (Fsp3) is 0.464. The number of nitrogens with zero attached hydrogens (tertiary/aromatic N) is 3. The minimum Gasteiger partial charge on any atom is -0.483 e. The third kappa shape index (κ3) is 1.93. The van der Waals surface area contributed by atoms with Gasteiger partial charge >= 0.3 is 0 Å². The molecule has 0 unspecified atom stereocenters. The maximum Gasteiger partial charge on any atom is 0.151 e.